The minimum atomic E-state index is 0.0574. The average Bonchev–Trinajstić information content (AvgIpc) is 2.07. The lowest BCUT2D eigenvalue weighted by molar-refractivity contribution is -0.0753. The summed E-state index contributed by atoms with van der Waals surface area (Å²) in [6, 6.07) is 4.50. The molecule has 0 amide bonds. The summed E-state index contributed by atoms with van der Waals surface area (Å²) in [5.41, 5.74) is 5.54. The molecule has 0 spiro atoms. The molecule has 2 nitrogen and oxygen atoms in total. The molecule has 15 heavy (non-hydrogen) atoms. The summed E-state index contributed by atoms with van der Waals surface area (Å²) in [7, 11) is 2.02. The third-order valence-corrected chi connectivity index (χ3v) is 3.33. The van der Waals surface area contributed by atoms with E-state index in [4.69, 9.17) is 4.74 Å². The van der Waals surface area contributed by atoms with Crippen molar-refractivity contribution in [2.75, 3.05) is 20.3 Å². The van der Waals surface area contributed by atoms with E-state index in [2.05, 4.69) is 38.2 Å². The maximum atomic E-state index is 5.36. The molecule has 0 atom stereocenters. The van der Waals surface area contributed by atoms with Gasteiger partial charge < -0.3 is 10.1 Å². The van der Waals surface area contributed by atoms with Gasteiger partial charge in [0, 0.05) is 0 Å². The van der Waals surface area contributed by atoms with E-state index in [1.807, 2.05) is 7.05 Å². The molecule has 1 saturated heterocycles. The minimum absolute atomic E-state index is 0.0574. The van der Waals surface area contributed by atoms with Gasteiger partial charge in [0.25, 0.3) is 0 Å². The van der Waals surface area contributed by atoms with Crippen molar-refractivity contribution in [2.24, 2.45) is 0 Å². The quantitative estimate of drug-likeness (QED) is 0.798. The van der Waals surface area contributed by atoms with Crippen molar-refractivity contribution in [3.8, 4) is 0 Å². The zero-order valence-corrected chi connectivity index (χ0v) is 9.98. The molecular formula is C13H19NO. The largest absolute Gasteiger partial charge is 0.377 e. The standard InChI is InChI=1S/C13H19NO/c1-9-5-10(2)12(11(3)6-9)13(14-4)7-15-8-13/h5-6,14H,7-8H2,1-4H3. The molecular weight excluding hydrogens is 186 g/mol. The number of benzene rings is 1. The molecule has 1 aliphatic rings. The Labute approximate surface area is 91.6 Å². The summed E-state index contributed by atoms with van der Waals surface area (Å²) in [5, 5.41) is 3.41. The predicted octanol–water partition coefficient (Wildman–Crippen LogP) is 2.06. The Hall–Kier alpha value is -0.860. The van der Waals surface area contributed by atoms with Crippen molar-refractivity contribution >= 4 is 0 Å². The van der Waals surface area contributed by atoms with Crippen LogP contribution in [0.4, 0.5) is 0 Å². The SMILES string of the molecule is CNC1(c2c(C)cc(C)cc2C)COC1. The van der Waals surface area contributed by atoms with Crippen LogP contribution >= 0.6 is 0 Å². The Morgan fingerprint density at radius 2 is 1.67 bits per heavy atom. The maximum Gasteiger partial charge on any atom is 0.0911 e. The van der Waals surface area contributed by atoms with Gasteiger partial charge in [-0.15, -0.1) is 0 Å². The van der Waals surface area contributed by atoms with Gasteiger partial charge in [0.2, 0.25) is 0 Å². The fourth-order valence-electron chi connectivity index (χ4n) is 2.65. The first-order valence-corrected chi connectivity index (χ1v) is 5.44. The summed E-state index contributed by atoms with van der Waals surface area (Å²) in [4.78, 5) is 0. The number of hydrogen-bond donors (Lipinski definition) is 1. The van der Waals surface area contributed by atoms with E-state index in [1.54, 1.807) is 0 Å². The lowest BCUT2D eigenvalue weighted by Gasteiger charge is -2.43. The maximum absolute atomic E-state index is 5.36. The van der Waals surface area contributed by atoms with Crippen LogP contribution in [0, 0.1) is 20.8 Å². The van der Waals surface area contributed by atoms with E-state index < -0.39 is 0 Å². The van der Waals surface area contributed by atoms with Crippen molar-refractivity contribution in [1.82, 2.24) is 5.32 Å². The van der Waals surface area contributed by atoms with Crippen LogP contribution in [-0.4, -0.2) is 20.3 Å². The lowest BCUT2D eigenvalue weighted by Crippen LogP contribution is -2.56. The Morgan fingerprint density at radius 1 is 1.13 bits per heavy atom. The molecule has 1 aromatic carbocycles. The molecule has 1 N–H and O–H groups in total. The highest BCUT2D eigenvalue weighted by atomic mass is 16.5. The van der Waals surface area contributed by atoms with E-state index in [1.165, 1.54) is 22.3 Å². The fraction of sp³-hybridized carbons (Fsp3) is 0.538. The smallest absolute Gasteiger partial charge is 0.0911 e. The van der Waals surface area contributed by atoms with Crippen LogP contribution < -0.4 is 5.32 Å². The van der Waals surface area contributed by atoms with Gasteiger partial charge in [-0.2, -0.15) is 0 Å². The van der Waals surface area contributed by atoms with E-state index in [0.717, 1.165) is 13.2 Å². The van der Waals surface area contributed by atoms with Gasteiger partial charge in [-0.3, -0.25) is 0 Å². The van der Waals surface area contributed by atoms with Crippen LogP contribution in [0.3, 0.4) is 0 Å². The van der Waals surface area contributed by atoms with Gasteiger partial charge in [-0.1, -0.05) is 17.7 Å². The number of rotatable bonds is 2. The number of aryl methyl sites for hydroxylation is 3. The van der Waals surface area contributed by atoms with Crippen LogP contribution in [0.25, 0.3) is 0 Å². The Balaban J connectivity index is 2.52. The van der Waals surface area contributed by atoms with Gasteiger partial charge in [-0.25, -0.2) is 0 Å². The molecule has 2 rings (SSSR count). The highest BCUT2D eigenvalue weighted by Gasteiger charge is 2.40. The number of hydrogen-bond acceptors (Lipinski definition) is 2. The lowest BCUT2D eigenvalue weighted by atomic mass is 9.81. The molecule has 1 fully saturated rings. The van der Waals surface area contributed by atoms with Crippen molar-refractivity contribution in [3.63, 3.8) is 0 Å². The number of ether oxygens (including phenoxy) is 1. The highest BCUT2D eigenvalue weighted by molar-refractivity contribution is 5.43. The van der Waals surface area contributed by atoms with Gasteiger partial charge in [-0.05, 0) is 44.5 Å². The van der Waals surface area contributed by atoms with E-state index in [0.29, 0.717) is 0 Å². The summed E-state index contributed by atoms with van der Waals surface area (Å²) >= 11 is 0. The van der Waals surface area contributed by atoms with Gasteiger partial charge >= 0.3 is 0 Å². The molecule has 1 aromatic rings. The van der Waals surface area contributed by atoms with Crippen LogP contribution in [0.15, 0.2) is 12.1 Å². The van der Waals surface area contributed by atoms with E-state index >= 15 is 0 Å². The van der Waals surface area contributed by atoms with Crippen LogP contribution in [-0.2, 0) is 10.3 Å². The zero-order chi connectivity index (χ0) is 11.1. The van der Waals surface area contributed by atoms with Crippen molar-refractivity contribution in [1.29, 1.82) is 0 Å². The molecule has 0 bridgehead atoms. The Kier molecular flexibility index (Phi) is 2.57. The summed E-state index contributed by atoms with van der Waals surface area (Å²) in [5.74, 6) is 0. The van der Waals surface area contributed by atoms with Crippen molar-refractivity contribution in [2.45, 2.75) is 26.3 Å². The molecule has 0 radical (unpaired) electrons. The molecule has 82 valence electrons. The minimum Gasteiger partial charge on any atom is -0.377 e. The monoisotopic (exact) mass is 205 g/mol. The second-order valence-electron chi connectivity index (χ2n) is 4.60. The first kappa shape index (κ1) is 10.7. The van der Waals surface area contributed by atoms with Crippen LogP contribution in [0.2, 0.25) is 0 Å². The third kappa shape index (κ3) is 1.58. The van der Waals surface area contributed by atoms with Gasteiger partial charge in [0.05, 0.1) is 18.8 Å². The first-order valence-electron chi connectivity index (χ1n) is 5.44. The summed E-state index contributed by atoms with van der Waals surface area (Å²) in [6.07, 6.45) is 0. The first-order chi connectivity index (χ1) is 7.09. The molecule has 1 aliphatic heterocycles. The van der Waals surface area contributed by atoms with Crippen LogP contribution in [0.5, 0.6) is 0 Å². The van der Waals surface area contributed by atoms with Gasteiger partial charge in [0.1, 0.15) is 0 Å². The Bertz CT molecular complexity index is 352. The molecule has 1 heterocycles. The normalized spacial score (nSPS) is 18.7. The number of nitrogens with one attached hydrogen (secondary N) is 1. The Morgan fingerprint density at radius 3 is 2.00 bits per heavy atom. The topological polar surface area (TPSA) is 21.3 Å². The van der Waals surface area contributed by atoms with E-state index in [9.17, 15) is 0 Å². The van der Waals surface area contributed by atoms with Gasteiger partial charge in [0.15, 0.2) is 0 Å². The predicted molar refractivity (Wildman–Crippen MR) is 62.2 cm³/mol. The molecule has 0 unspecified atom stereocenters. The summed E-state index contributed by atoms with van der Waals surface area (Å²) < 4.78 is 5.36. The number of likely N-dealkylation sites (N-methyl/N-ethyl adjacent to an activating group) is 1. The molecule has 2 heteroatoms. The van der Waals surface area contributed by atoms with Crippen LogP contribution in [0.1, 0.15) is 22.3 Å². The second-order valence-corrected chi connectivity index (χ2v) is 4.60. The summed E-state index contributed by atoms with van der Waals surface area (Å²) in [6.45, 7) is 8.09. The molecule has 0 aromatic heterocycles. The fourth-order valence-corrected chi connectivity index (χ4v) is 2.65. The second kappa shape index (κ2) is 3.62. The zero-order valence-electron chi connectivity index (χ0n) is 9.98. The van der Waals surface area contributed by atoms with Crippen molar-refractivity contribution in [3.05, 3.63) is 34.4 Å². The van der Waals surface area contributed by atoms with E-state index in [-0.39, 0.29) is 5.54 Å². The molecule has 0 saturated carbocycles. The third-order valence-electron chi connectivity index (χ3n) is 3.33. The van der Waals surface area contributed by atoms with Crippen molar-refractivity contribution < 1.29 is 4.74 Å². The molecule has 0 aliphatic carbocycles. The average molecular weight is 205 g/mol. The highest BCUT2D eigenvalue weighted by Crippen LogP contribution is 2.34.